The molecular weight excluding hydrogens is 1550 g/mol. The van der Waals surface area contributed by atoms with Crippen LogP contribution in [0.5, 0.6) is 0 Å². The van der Waals surface area contributed by atoms with E-state index in [1.54, 1.807) is 68.7 Å². The van der Waals surface area contributed by atoms with Gasteiger partial charge in [0.25, 0.3) is 0 Å². The second-order valence-corrected chi connectivity index (χ2v) is 56.1. The van der Waals surface area contributed by atoms with E-state index in [0.717, 1.165) is 67.6 Å². The summed E-state index contributed by atoms with van der Waals surface area (Å²) in [4.78, 5) is 29.2. The number of hydrogen-bond donors (Lipinski definition) is 12. The van der Waals surface area contributed by atoms with Gasteiger partial charge in [0.05, 0.1) is 41.9 Å². The molecule has 11 heterocycles. The Kier molecular flexibility index (Phi) is 28.7. The van der Waals surface area contributed by atoms with Crippen molar-refractivity contribution < 1.29 is 64.2 Å². The summed E-state index contributed by atoms with van der Waals surface area (Å²) in [7, 11) is 0. The third-order valence-electron chi connectivity index (χ3n) is 20.4. The van der Waals surface area contributed by atoms with Gasteiger partial charge >= 0.3 is 0 Å². The van der Waals surface area contributed by atoms with Crippen LogP contribution in [-0.4, -0.2) is 345 Å². The minimum absolute atomic E-state index is 0.204. The molecule has 12 rings (SSSR count). The maximum Gasteiger partial charge on any atom is 0.165 e. The number of aliphatic imine (C=N–C) groups is 5. The SMILES string of the molecule is C=C1N=C(N)C(C)=CN1C1O[C@@]2(CCP(=C)(C)C)CO[C@@H]1[C@@H]2O.C=C1N=C(N)C=CN1C1C=C(CCP(=C)(C)C)[C@@H](O)[C@H]1O.C=C1N=C(N)C=CN1C1O[C@@]2(CCP(=C)(C)C)CO[C@@H]1[C@@H]2O.C=C1N=C(N)C=CN1C1O[C@H](CCP(=C)(C)C)[C@@H](O)[C@H]1Br.C=C1N=C(N)C=CN1C1O[C@](C)(CCP(=C)(C)C)[C@@H](O)[C@H]1O. The maximum atomic E-state index is 10.7. The lowest BCUT2D eigenvalue weighted by molar-refractivity contribution is -0.181. The fourth-order valence-corrected chi connectivity index (χ4v) is 19.3. The molecule has 0 aromatic rings. The van der Waals surface area contributed by atoms with Crippen LogP contribution in [0.15, 0.2) is 159 Å². The molecule has 4 bridgehead atoms. The first-order valence-corrected chi connectivity index (χ1v) is 52.3. The fraction of sp³-hybridized carbons (Fsp3) is 0.573. The Morgan fingerprint density at radius 2 is 0.872 bits per heavy atom. The average Bonchev–Trinajstić information content (AvgIpc) is 1.60. The molecule has 12 aliphatic rings. The molecule has 608 valence electrons. The summed E-state index contributed by atoms with van der Waals surface area (Å²) in [6.07, 6.45) is 38.3. The van der Waals surface area contributed by atoms with Gasteiger partial charge in [-0.1, -0.05) is 54.9 Å². The van der Waals surface area contributed by atoms with Crippen molar-refractivity contribution in [2.24, 2.45) is 53.6 Å². The van der Waals surface area contributed by atoms with Crippen molar-refractivity contribution in [1.29, 1.82) is 0 Å². The molecule has 34 heteroatoms. The number of rotatable bonds is 20. The molecule has 0 aromatic carbocycles. The Balaban J connectivity index is 0.000000172. The van der Waals surface area contributed by atoms with Crippen LogP contribution in [0, 0.1) is 0 Å². The summed E-state index contributed by atoms with van der Waals surface area (Å²) in [6, 6.07) is -0.359. The number of alkyl halides is 1. The predicted octanol–water partition coefficient (Wildman–Crippen LogP) is 4.53. The van der Waals surface area contributed by atoms with Crippen LogP contribution in [0.3, 0.4) is 0 Å². The molecule has 0 saturated carbocycles. The first-order chi connectivity index (χ1) is 50.3. The Bertz CT molecular complexity index is 4050. The number of ether oxygens (including phenoxy) is 6. The molecule has 0 amide bonds. The smallest absolute Gasteiger partial charge is 0.165 e. The molecule has 109 heavy (non-hydrogen) atoms. The summed E-state index contributed by atoms with van der Waals surface area (Å²) >= 11 is 3.53. The van der Waals surface area contributed by atoms with Gasteiger partial charge in [-0.3, -0.25) is 0 Å². The second kappa shape index (κ2) is 35.0. The van der Waals surface area contributed by atoms with E-state index in [1.807, 2.05) is 31.0 Å². The molecule has 0 aromatic heterocycles. The lowest BCUT2D eigenvalue weighted by Gasteiger charge is -2.37. The van der Waals surface area contributed by atoms with Crippen molar-refractivity contribution in [3.05, 3.63) is 135 Å². The number of hydrogen-bond acceptors (Lipinski definition) is 28. The van der Waals surface area contributed by atoms with Crippen molar-refractivity contribution in [1.82, 2.24) is 24.5 Å². The number of nitrogens with zero attached hydrogens (tertiary/aromatic N) is 10. The maximum absolute atomic E-state index is 10.7. The number of aliphatic hydroxyl groups is 7. The molecule has 11 aliphatic heterocycles. The fourth-order valence-electron chi connectivity index (χ4n) is 13.7. The highest BCUT2D eigenvalue weighted by atomic mass is 79.9. The van der Waals surface area contributed by atoms with Crippen LogP contribution in [-0.2, 0) is 28.4 Å². The monoisotopic (exact) mass is 1680 g/mol. The van der Waals surface area contributed by atoms with Crippen LogP contribution in [0.2, 0.25) is 0 Å². The third-order valence-corrected chi connectivity index (χ3v) is 28.6. The molecule has 5 unspecified atom stereocenters. The van der Waals surface area contributed by atoms with Gasteiger partial charge in [-0.2, -0.15) is 0 Å². The molecule has 6 fully saturated rings. The highest BCUT2D eigenvalue weighted by Gasteiger charge is 2.64. The van der Waals surface area contributed by atoms with Gasteiger partial charge in [0.2, 0.25) is 0 Å². The van der Waals surface area contributed by atoms with Crippen molar-refractivity contribution in [3.8, 4) is 0 Å². The summed E-state index contributed by atoms with van der Waals surface area (Å²) in [5, 5.41) is 73.0. The van der Waals surface area contributed by atoms with Crippen LogP contribution >= 0.6 is 50.4 Å². The number of nitrogens with two attached hydrogens (primary N) is 5. The standard InChI is InChI=1S/C16H26N3O3P.C15H24N3O3P.C15H26N3O3P.C15H24N3O2P.C14H23BrN3O2P/c1-10-8-19(11(2)18-14(10)17)15-12-13(20)16(22-15,9-21-12)6-7-23(3,4)5;1-10-17-11(16)5-7-18(10)14-12-13(19)15(21-14,9-20-12)6-8-22(2,3)4;1-10-17-11(16)6-8-18(10)14-12(19)13(20)15(2,21-14)7-9-22(3,4)5;1-10-17-13(16)5-7-18(10)12-9-11(14(19)15(12)20)6-8-21(2,3)4;1-9-17-11(16)5-7-18(9)14-12(15)13(19)10(20-14)6-8-21(2,3)4/h8,12-13,15,20H,2-3,6-7,9H2,1,4-5H3,(H2,17,18);5,7,12-14,19H,1-2,6,8-9H2,3-4H3,(H2,16,17);6,8,12-14,19-20H,1,3,7,9H2,2,4-5H3,(H2,16,17);5,7,9,12,14-15,19-20H,1-2,6,8H2,3-4H3,(H2,16,17);5,7,10,12-14,19H,1-2,6,8H2,3-4H3,(H2,16,17)/t12-,13+,15?,16+;12-,13+,14?,15+;12-,13+,14?,15-;12?,14-,15+;10-,12-,13-,14?/m11111/s1. The number of fused-ring (bicyclic) bond motifs is 4. The van der Waals surface area contributed by atoms with Gasteiger partial charge in [-0.05, 0) is 173 Å². The van der Waals surface area contributed by atoms with E-state index >= 15 is 0 Å². The average molecular weight is 1680 g/mol. The molecule has 1 aliphatic carbocycles. The highest BCUT2D eigenvalue weighted by Crippen LogP contribution is 2.51. The van der Waals surface area contributed by atoms with Gasteiger partial charge in [0.15, 0.2) is 24.9 Å². The quantitative estimate of drug-likeness (QED) is 0.0452. The van der Waals surface area contributed by atoms with Gasteiger partial charge in [-0.15, -0.1) is 65.9 Å². The van der Waals surface area contributed by atoms with E-state index in [0.29, 0.717) is 77.9 Å². The van der Waals surface area contributed by atoms with E-state index in [1.165, 1.54) is 0 Å². The molecule has 0 spiro atoms. The Labute approximate surface area is 654 Å². The highest BCUT2D eigenvalue weighted by molar-refractivity contribution is 9.09. The van der Waals surface area contributed by atoms with Crippen LogP contribution in [0.25, 0.3) is 0 Å². The van der Waals surface area contributed by atoms with Crippen molar-refractivity contribution in [3.63, 3.8) is 0 Å². The van der Waals surface area contributed by atoms with Crippen molar-refractivity contribution >= 4 is 111 Å². The minimum Gasteiger partial charge on any atom is -0.389 e. The zero-order valence-corrected chi connectivity index (χ0v) is 71.7. The first-order valence-electron chi connectivity index (χ1n) is 36.1. The molecular formula is C75H123BrN15O13P5. The third kappa shape index (κ3) is 22.3. The van der Waals surface area contributed by atoms with Gasteiger partial charge in [0.1, 0.15) is 118 Å². The summed E-state index contributed by atoms with van der Waals surface area (Å²) in [5.74, 6) is 4.37. The van der Waals surface area contributed by atoms with Gasteiger partial charge < -0.3 is 117 Å². The zero-order chi connectivity index (χ0) is 81.4. The van der Waals surface area contributed by atoms with E-state index in [2.05, 4.69) is 172 Å². The number of aliphatic hydroxyl groups excluding tert-OH is 7. The lowest BCUT2D eigenvalue weighted by Crippen LogP contribution is -2.46. The lowest BCUT2D eigenvalue weighted by atomic mass is 9.94. The van der Waals surface area contributed by atoms with Crippen LogP contribution < -0.4 is 28.7 Å². The summed E-state index contributed by atoms with van der Waals surface area (Å²) < 4.78 is 36.2. The normalized spacial score (nSPS) is 34.8. The zero-order valence-electron chi connectivity index (χ0n) is 65.6. The van der Waals surface area contributed by atoms with E-state index in [9.17, 15) is 35.7 Å². The predicted molar refractivity (Wildman–Crippen MR) is 463 cm³/mol. The van der Waals surface area contributed by atoms with Gasteiger partial charge in [-0.25, -0.2) is 25.0 Å². The molecule has 19 atom stereocenters. The van der Waals surface area contributed by atoms with E-state index < -0.39 is 125 Å². The second-order valence-electron chi connectivity index (χ2n) is 33.4. The number of halogens is 1. The molecule has 17 N–H and O–H groups in total. The minimum atomic E-state index is -1.24. The topological polar surface area (TPSA) is 405 Å². The number of amidine groups is 5. The molecule has 28 nitrogen and oxygen atoms in total. The molecule has 0 radical (unpaired) electrons. The Morgan fingerprint density at radius 3 is 1.29 bits per heavy atom. The summed E-state index contributed by atoms with van der Waals surface area (Å²) in [5.41, 5.74) is 28.0. The summed E-state index contributed by atoms with van der Waals surface area (Å²) in [6.45, 7) is 39.7. The van der Waals surface area contributed by atoms with Crippen molar-refractivity contribution in [2.75, 3.05) is 111 Å². The molecule has 6 saturated heterocycles. The van der Waals surface area contributed by atoms with E-state index in [-0.39, 0.29) is 23.2 Å². The largest absolute Gasteiger partial charge is 0.389 e. The Hall–Kier alpha value is -5.05. The van der Waals surface area contributed by atoms with Crippen LogP contribution in [0.4, 0.5) is 0 Å². The first kappa shape index (κ1) is 89.5. The van der Waals surface area contributed by atoms with Crippen molar-refractivity contribution in [2.45, 2.75) is 160 Å². The Morgan fingerprint density at radius 1 is 0.486 bits per heavy atom. The van der Waals surface area contributed by atoms with Crippen LogP contribution in [0.1, 0.15) is 46.0 Å². The van der Waals surface area contributed by atoms with E-state index in [4.69, 9.17) is 57.1 Å². The van der Waals surface area contributed by atoms with Gasteiger partial charge in [0, 0.05) is 36.6 Å².